The Hall–Kier alpha value is -2.89. The number of amides is 2. The minimum atomic E-state index is -4.55. The lowest BCUT2D eigenvalue weighted by Gasteiger charge is -2.16. The minimum absolute atomic E-state index is 0.00671. The summed E-state index contributed by atoms with van der Waals surface area (Å²) in [6, 6.07) is 9.59. The van der Waals surface area contributed by atoms with Crippen molar-refractivity contribution in [3.63, 3.8) is 0 Å². The van der Waals surface area contributed by atoms with E-state index in [2.05, 4.69) is 15.4 Å². The predicted octanol–water partition coefficient (Wildman–Crippen LogP) is 6.30. The molecule has 1 aliphatic rings. The highest BCUT2D eigenvalue weighted by Crippen LogP contribution is 2.33. The third-order valence-electron chi connectivity index (χ3n) is 5.51. The predicted molar refractivity (Wildman–Crippen MR) is 126 cm³/mol. The monoisotopic (exact) mass is 509 g/mol. The van der Waals surface area contributed by atoms with E-state index in [0.29, 0.717) is 5.56 Å². The van der Waals surface area contributed by atoms with Gasteiger partial charge in [0, 0.05) is 17.3 Å². The van der Waals surface area contributed by atoms with Gasteiger partial charge in [0.25, 0.3) is 0 Å². The van der Waals surface area contributed by atoms with Gasteiger partial charge in [0.2, 0.25) is 10.0 Å². The van der Waals surface area contributed by atoms with E-state index in [9.17, 15) is 26.4 Å². The first-order valence-corrected chi connectivity index (χ1v) is 13.0. The largest absolute Gasteiger partial charge is 0.416 e. The number of urea groups is 1. The van der Waals surface area contributed by atoms with E-state index in [1.165, 1.54) is 35.6 Å². The van der Waals surface area contributed by atoms with Crippen LogP contribution in [0.2, 0.25) is 0 Å². The van der Waals surface area contributed by atoms with Crippen LogP contribution < -0.4 is 15.4 Å². The first-order valence-electron chi connectivity index (χ1n) is 10.6. The fourth-order valence-electron chi connectivity index (χ4n) is 3.85. The number of nitrogens with one attached hydrogen (secondary N) is 3. The molecule has 3 aromatic rings. The van der Waals surface area contributed by atoms with Crippen molar-refractivity contribution >= 4 is 38.8 Å². The van der Waals surface area contributed by atoms with E-state index in [-0.39, 0.29) is 22.3 Å². The standard InChI is InChI=1S/C23H22F3N3O3S2/c24-23(25,26)16-4-3-7-18(12-16)27-22(30)28-21-13-19(8-9-20(21)15-10-11-33-14-15)34(31,32)29-17-5-1-2-6-17/h3-4,7-14,17,29H,1-2,5-6H2,(H2,27,28,30). The molecule has 2 amide bonds. The van der Waals surface area contributed by atoms with Gasteiger partial charge in [-0.15, -0.1) is 0 Å². The van der Waals surface area contributed by atoms with E-state index in [1.54, 1.807) is 6.07 Å². The molecule has 0 spiro atoms. The zero-order chi connectivity index (χ0) is 24.3. The van der Waals surface area contributed by atoms with Gasteiger partial charge in [0.15, 0.2) is 0 Å². The average molecular weight is 510 g/mol. The molecule has 0 unspecified atom stereocenters. The van der Waals surface area contributed by atoms with E-state index >= 15 is 0 Å². The molecule has 11 heteroatoms. The van der Waals surface area contributed by atoms with Crippen LogP contribution in [0.5, 0.6) is 0 Å². The number of alkyl halides is 3. The van der Waals surface area contributed by atoms with Crippen molar-refractivity contribution in [1.82, 2.24) is 4.72 Å². The second-order valence-electron chi connectivity index (χ2n) is 7.98. The second kappa shape index (κ2) is 9.77. The molecule has 1 heterocycles. The Kier molecular flexibility index (Phi) is 6.96. The van der Waals surface area contributed by atoms with Crippen LogP contribution in [-0.2, 0) is 16.2 Å². The molecule has 1 saturated carbocycles. The molecular weight excluding hydrogens is 487 g/mol. The normalized spacial score (nSPS) is 14.8. The molecule has 0 radical (unpaired) electrons. The van der Waals surface area contributed by atoms with Gasteiger partial charge in [0.1, 0.15) is 0 Å². The smallest absolute Gasteiger partial charge is 0.308 e. The van der Waals surface area contributed by atoms with Crippen molar-refractivity contribution < 1.29 is 26.4 Å². The highest BCUT2D eigenvalue weighted by Gasteiger charge is 2.30. The quantitative estimate of drug-likeness (QED) is 0.365. The summed E-state index contributed by atoms with van der Waals surface area (Å²) in [7, 11) is -3.81. The summed E-state index contributed by atoms with van der Waals surface area (Å²) < 4.78 is 67.4. The van der Waals surface area contributed by atoms with Crippen LogP contribution in [0.4, 0.5) is 29.3 Å². The first kappa shape index (κ1) is 24.2. The van der Waals surface area contributed by atoms with Crippen molar-refractivity contribution in [1.29, 1.82) is 0 Å². The summed E-state index contributed by atoms with van der Waals surface area (Å²) >= 11 is 1.43. The van der Waals surface area contributed by atoms with Crippen LogP contribution in [0.25, 0.3) is 11.1 Å². The van der Waals surface area contributed by atoms with Crippen molar-refractivity contribution in [3.05, 3.63) is 64.9 Å². The van der Waals surface area contributed by atoms with Crippen molar-refractivity contribution in [2.45, 2.75) is 42.8 Å². The van der Waals surface area contributed by atoms with Crippen molar-refractivity contribution in [2.24, 2.45) is 0 Å². The van der Waals surface area contributed by atoms with Gasteiger partial charge in [-0.25, -0.2) is 17.9 Å². The fourth-order valence-corrected chi connectivity index (χ4v) is 5.84. The van der Waals surface area contributed by atoms with Gasteiger partial charge in [-0.05, 0) is 65.6 Å². The summed E-state index contributed by atoms with van der Waals surface area (Å²) in [4.78, 5) is 12.6. The first-order chi connectivity index (χ1) is 16.1. The van der Waals surface area contributed by atoms with E-state index in [1.807, 2.05) is 16.8 Å². The Morgan fingerprint density at radius 1 is 1.00 bits per heavy atom. The summed E-state index contributed by atoms with van der Waals surface area (Å²) in [6.07, 6.45) is -1.07. The number of benzene rings is 2. The lowest BCUT2D eigenvalue weighted by molar-refractivity contribution is -0.137. The van der Waals surface area contributed by atoms with Crippen LogP contribution >= 0.6 is 11.3 Å². The van der Waals surface area contributed by atoms with Crippen molar-refractivity contribution in [2.75, 3.05) is 10.6 Å². The highest BCUT2D eigenvalue weighted by atomic mass is 32.2. The zero-order valence-electron chi connectivity index (χ0n) is 17.9. The second-order valence-corrected chi connectivity index (χ2v) is 10.5. The molecule has 1 aromatic heterocycles. The Balaban J connectivity index is 1.60. The van der Waals surface area contributed by atoms with Gasteiger partial charge < -0.3 is 10.6 Å². The maximum Gasteiger partial charge on any atom is 0.416 e. The molecule has 180 valence electrons. The summed E-state index contributed by atoms with van der Waals surface area (Å²) in [6.45, 7) is 0. The molecule has 0 saturated heterocycles. The molecule has 6 nitrogen and oxygen atoms in total. The number of carbonyl (C=O) groups excluding carboxylic acids is 1. The van der Waals surface area contributed by atoms with Crippen LogP contribution in [0.1, 0.15) is 31.2 Å². The van der Waals surface area contributed by atoms with Crippen LogP contribution in [0.15, 0.2) is 64.2 Å². The Morgan fingerprint density at radius 2 is 1.76 bits per heavy atom. The topological polar surface area (TPSA) is 87.3 Å². The maximum absolute atomic E-state index is 13.0. The molecule has 2 aromatic carbocycles. The number of carbonyl (C=O) groups is 1. The number of rotatable bonds is 6. The lowest BCUT2D eigenvalue weighted by atomic mass is 10.1. The van der Waals surface area contributed by atoms with Crippen LogP contribution in [-0.4, -0.2) is 20.5 Å². The highest BCUT2D eigenvalue weighted by molar-refractivity contribution is 7.89. The minimum Gasteiger partial charge on any atom is -0.308 e. The summed E-state index contributed by atoms with van der Waals surface area (Å²) in [5.74, 6) is 0. The third kappa shape index (κ3) is 5.78. The van der Waals surface area contributed by atoms with E-state index in [4.69, 9.17) is 0 Å². The molecule has 0 atom stereocenters. The number of hydrogen-bond donors (Lipinski definition) is 3. The van der Waals surface area contributed by atoms with Gasteiger partial charge >= 0.3 is 12.2 Å². The number of sulfonamides is 1. The van der Waals surface area contributed by atoms with Gasteiger partial charge in [-0.1, -0.05) is 25.0 Å². The number of hydrogen-bond acceptors (Lipinski definition) is 4. The van der Waals surface area contributed by atoms with Crippen LogP contribution in [0.3, 0.4) is 0 Å². The zero-order valence-corrected chi connectivity index (χ0v) is 19.5. The molecule has 3 N–H and O–H groups in total. The molecule has 1 aliphatic carbocycles. The number of halogens is 3. The van der Waals surface area contributed by atoms with E-state index in [0.717, 1.165) is 43.4 Å². The molecule has 34 heavy (non-hydrogen) atoms. The molecule has 0 aliphatic heterocycles. The van der Waals surface area contributed by atoms with Gasteiger partial charge in [-0.2, -0.15) is 24.5 Å². The molecule has 0 bridgehead atoms. The number of thiophene rings is 1. The third-order valence-corrected chi connectivity index (χ3v) is 7.71. The Labute approximate surface area is 199 Å². The summed E-state index contributed by atoms with van der Waals surface area (Å²) in [5, 5.41) is 8.66. The Morgan fingerprint density at radius 3 is 2.44 bits per heavy atom. The molecule has 4 rings (SSSR count). The molecular formula is C23H22F3N3O3S2. The Bertz CT molecular complexity index is 1270. The fraction of sp³-hybridized carbons (Fsp3) is 0.261. The lowest BCUT2D eigenvalue weighted by Crippen LogP contribution is -2.32. The SMILES string of the molecule is O=C(Nc1cccc(C(F)(F)F)c1)Nc1cc(S(=O)(=O)NC2CCCC2)ccc1-c1ccsc1. The summed E-state index contributed by atoms with van der Waals surface area (Å²) in [5.41, 5.74) is 0.635. The number of anilines is 2. The van der Waals surface area contributed by atoms with Gasteiger partial charge in [-0.3, -0.25) is 0 Å². The van der Waals surface area contributed by atoms with Gasteiger partial charge in [0.05, 0.1) is 16.1 Å². The average Bonchev–Trinajstić information content (AvgIpc) is 3.47. The van der Waals surface area contributed by atoms with E-state index < -0.39 is 27.8 Å². The van der Waals surface area contributed by atoms with Crippen LogP contribution in [0, 0.1) is 0 Å². The maximum atomic E-state index is 13.0. The van der Waals surface area contributed by atoms with Crippen molar-refractivity contribution in [3.8, 4) is 11.1 Å². The molecule has 1 fully saturated rings.